The van der Waals surface area contributed by atoms with Gasteiger partial charge >= 0.3 is 0 Å². The van der Waals surface area contributed by atoms with E-state index in [9.17, 15) is 4.79 Å². The van der Waals surface area contributed by atoms with Crippen LogP contribution in [0.25, 0.3) is 0 Å². The first-order valence-corrected chi connectivity index (χ1v) is 5.70. The van der Waals surface area contributed by atoms with Crippen LogP contribution in [0.1, 0.15) is 36.0 Å². The molecule has 0 aliphatic heterocycles. The van der Waals surface area contributed by atoms with Crippen molar-refractivity contribution in [2.75, 3.05) is 5.73 Å². The van der Waals surface area contributed by atoms with Crippen LogP contribution in [0.15, 0.2) is 18.3 Å². The molecule has 2 atom stereocenters. The van der Waals surface area contributed by atoms with Gasteiger partial charge in [0.15, 0.2) is 5.78 Å². The van der Waals surface area contributed by atoms with E-state index in [0.29, 0.717) is 11.4 Å². The largest absolute Gasteiger partial charge is 0.383 e. The van der Waals surface area contributed by atoms with Crippen molar-refractivity contribution in [1.29, 1.82) is 0 Å². The van der Waals surface area contributed by atoms with Crippen LogP contribution in [-0.2, 0) is 0 Å². The predicted octanol–water partition coefficient (Wildman–Crippen LogP) is 1.36. The smallest absolute Gasteiger partial charge is 0.171 e. The number of nitrogen functional groups attached to an aromatic ring is 1. The van der Waals surface area contributed by atoms with Gasteiger partial charge in [-0.3, -0.25) is 4.79 Å². The van der Waals surface area contributed by atoms with E-state index in [2.05, 4.69) is 4.98 Å². The molecule has 1 aliphatic carbocycles. The third kappa shape index (κ3) is 2.07. The number of hydrogen-bond donors (Lipinski definition) is 2. The first kappa shape index (κ1) is 11.1. The number of aromatic nitrogens is 1. The quantitative estimate of drug-likeness (QED) is 0.736. The minimum atomic E-state index is -0.0831. The van der Waals surface area contributed by atoms with Gasteiger partial charge in [0.25, 0.3) is 0 Å². The average molecular weight is 219 g/mol. The van der Waals surface area contributed by atoms with Crippen LogP contribution in [-0.4, -0.2) is 16.8 Å². The summed E-state index contributed by atoms with van der Waals surface area (Å²) >= 11 is 0. The minimum absolute atomic E-state index is 0.0270. The second kappa shape index (κ2) is 4.61. The molecule has 2 rings (SSSR count). The zero-order valence-corrected chi connectivity index (χ0v) is 9.23. The van der Waals surface area contributed by atoms with Gasteiger partial charge in [-0.25, -0.2) is 4.98 Å². The van der Waals surface area contributed by atoms with Crippen molar-refractivity contribution in [3.05, 3.63) is 23.9 Å². The first-order valence-electron chi connectivity index (χ1n) is 5.70. The van der Waals surface area contributed by atoms with Crippen molar-refractivity contribution in [2.24, 2.45) is 11.7 Å². The van der Waals surface area contributed by atoms with Crippen molar-refractivity contribution in [3.8, 4) is 0 Å². The molecule has 0 aromatic carbocycles. The third-order valence-electron chi connectivity index (χ3n) is 3.26. The number of nitrogens with two attached hydrogens (primary N) is 2. The van der Waals surface area contributed by atoms with Crippen LogP contribution in [0.5, 0.6) is 0 Å². The Morgan fingerprint density at radius 2 is 2.12 bits per heavy atom. The molecular weight excluding hydrogens is 202 g/mol. The lowest BCUT2D eigenvalue weighted by molar-refractivity contribution is 0.0872. The molecule has 1 aromatic heterocycles. The Hall–Kier alpha value is -1.42. The zero-order valence-electron chi connectivity index (χ0n) is 9.23. The number of ketones is 1. The monoisotopic (exact) mass is 219 g/mol. The summed E-state index contributed by atoms with van der Waals surface area (Å²) in [5.74, 6) is 0.281. The lowest BCUT2D eigenvalue weighted by atomic mass is 9.80. The molecule has 4 heteroatoms. The maximum Gasteiger partial charge on any atom is 0.171 e. The second-order valence-corrected chi connectivity index (χ2v) is 4.36. The lowest BCUT2D eigenvalue weighted by Crippen LogP contribution is -2.38. The van der Waals surface area contributed by atoms with Crippen LogP contribution in [0.3, 0.4) is 0 Å². The van der Waals surface area contributed by atoms with Gasteiger partial charge in [-0.2, -0.15) is 0 Å². The molecule has 0 spiro atoms. The number of carbonyl (C=O) groups excluding carboxylic acids is 1. The Kier molecular flexibility index (Phi) is 3.19. The summed E-state index contributed by atoms with van der Waals surface area (Å²) in [6, 6.07) is 3.44. The molecule has 1 aromatic rings. The van der Waals surface area contributed by atoms with Crippen LogP contribution < -0.4 is 11.5 Å². The van der Waals surface area contributed by atoms with Gasteiger partial charge in [0.2, 0.25) is 0 Å². The molecule has 0 radical (unpaired) electrons. The van der Waals surface area contributed by atoms with Gasteiger partial charge in [-0.15, -0.1) is 0 Å². The van der Waals surface area contributed by atoms with E-state index in [1.807, 2.05) is 0 Å². The molecule has 1 heterocycles. The molecule has 4 N–H and O–H groups in total. The molecule has 1 aliphatic rings. The number of carbonyl (C=O) groups is 1. The number of Topliss-reactive ketones (excluding diaryl/α,β-unsaturated/α-hetero) is 1. The van der Waals surface area contributed by atoms with Gasteiger partial charge in [0.05, 0.1) is 5.56 Å². The van der Waals surface area contributed by atoms with Gasteiger partial charge < -0.3 is 11.5 Å². The highest BCUT2D eigenvalue weighted by Gasteiger charge is 2.29. The topological polar surface area (TPSA) is 82.0 Å². The fourth-order valence-corrected chi connectivity index (χ4v) is 2.31. The second-order valence-electron chi connectivity index (χ2n) is 4.36. The fraction of sp³-hybridized carbons (Fsp3) is 0.500. The summed E-state index contributed by atoms with van der Waals surface area (Å²) in [5, 5.41) is 0. The highest BCUT2D eigenvalue weighted by Crippen LogP contribution is 2.27. The van der Waals surface area contributed by atoms with Crippen molar-refractivity contribution in [2.45, 2.75) is 31.7 Å². The normalized spacial score (nSPS) is 25.3. The van der Waals surface area contributed by atoms with Crippen molar-refractivity contribution >= 4 is 11.6 Å². The molecular formula is C12H17N3O. The Morgan fingerprint density at radius 3 is 2.81 bits per heavy atom. The van der Waals surface area contributed by atoms with E-state index in [1.54, 1.807) is 18.3 Å². The van der Waals surface area contributed by atoms with Crippen LogP contribution in [0, 0.1) is 5.92 Å². The zero-order chi connectivity index (χ0) is 11.5. The van der Waals surface area contributed by atoms with Crippen LogP contribution in [0.4, 0.5) is 5.82 Å². The Bertz CT molecular complexity index is 392. The number of pyridine rings is 1. The summed E-state index contributed by atoms with van der Waals surface area (Å²) in [7, 11) is 0. The van der Waals surface area contributed by atoms with E-state index >= 15 is 0 Å². The summed E-state index contributed by atoms with van der Waals surface area (Å²) in [6.45, 7) is 0. The minimum Gasteiger partial charge on any atom is -0.383 e. The molecule has 0 saturated heterocycles. The van der Waals surface area contributed by atoms with E-state index in [1.165, 1.54) is 0 Å². The van der Waals surface area contributed by atoms with Crippen LogP contribution >= 0.6 is 0 Å². The van der Waals surface area contributed by atoms with Gasteiger partial charge in [0.1, 0.15) is 5.82 Å². The summed E-state index contributed by atoms with van der Waals surface area (Å²) in [5.41, 5.74) is 12.2. The molecule has 16 heavy (non-hydrogen) atoms. The van der Waals surface area contributed by atoms with Crippen LogP contribution in [0.2, 0.25) is 0 Å². The highest BCUT2D eigenvalue weighted by molar-refractivity contribution is 6.01. The summed E-state index contributed by atoms with van der Waals surface area (Å²) in [4.78, 5) is 16.2. The fourth-order valence-electron chi connectivity index (χ4n) is 2.31. The third-order valence-corrected chi connectivity index (χ3v) is 3.26. The lowest BCUT2D eigenvalue weighted by Gasteiger charge is -2.27. The number of anilines is 1. The Morgan fingerprint density at radius 1 is 1.38 bits per heavy atom. The van der Waals surface area contributed by atoms with E-state index in [-0.39, 0.29) is 17.7 Å². The maximum absolute atomic E-state index is 12.2. The Labute approximate surface area is 95.0 Å². The van der Waals surface area contributed by atoms with Crippen molar-refractivity contribution in [3.63, 3.8) is 0 Å². The standard InChI is InChI=1S/C12H17N3O/c13-10-6-2-1-4-8(10)11(16)9-5-3-7-15-12(9)14/h3,5,7-8,10H,1-2,4,6,13H2,(H2,14,15). The summed E-state index contributed by atoms with van der Waals surface area (Å²) < 4.78 is 0. The summed E-state index contributed by atoms with van der Waals surface area (Å²) in [6.07, 6.45) is 5.58. The van der Waals surface area contributed by atoms with Crippen molar-refractivity contribution in [1.82, 2.24) is 4.98 Å². The number of hydrogen-bond acceptors (Lipinski definition) is 4. The van der Waals surface area contributed by atoms with Gasteiger partial charge in [-0.1, -0.05) is 12.8 Å². The van der Waals surface area contributed by atoms with Crippen molar-refractivity contribution < 1.29 is 4.79 Å². The molecule has 1 saturated carbocycles. The Balaban J connectivity index is 2.21. The average Bonchev–Trinajstić information content (AvgIpc) is 2.29. The number of rotatable bonds is 2. The molecule has 4 nitrogen and oxygen atoms in total. The predicted molar refractivity (Wildman–Crippen MR) is 62.9 cm³/mol. The molecule has 0 amide bonds. The first-order chi connectivity index (χ1) is 7.70. The molecule has 1 fully saturated rings. The highest BCUT2D eigenvalue weighted by atomic mass is 16.1. The maximum atomic E-state index is 12.2. The van der Waals surface area contributed by atoms with E-state index in [0.717, 1.165) is 25.7 Å². The molecule has 86 valence electrons. The molecule has 2 unspecified atom stereocenters. The van der Waals surface area contributed by atoms with E-state index in [4.69, 9.17) is 11.5 Å². The number of nitrogens with zero attached hydrogens (tertiary/aromatic N) is 1. The van der Waals surface area contributed by atoms with Gasteiger partial charge in [0, 0.05) is 18.2 Å². The SMILES string of the molecule is Nc1ncccc1C(=O)C1CCCCC1N. The van der Waals surface area contributed by atoms with E-state index < -0.39 is 0 Å². The molecule has 0 bridgehead atoms. The van der Waals surface area contributed by atoms with Gasteiger partial charge in [-0.05, 0) is 25.0 Å².